The van der Waals surface area contributed by atoms with Gasteiger partial charge in [0.1, 0.15) is 4.90 Å². The van der Waals surface area contributed by atoms with Crippen molar-refractivity contribution in [2.45, 2.75) is 31.2 Å². The predicted molar refractivity (Wildman–Crippen MR) is 83.4 cm³/mol. The Labute approximate surface area is 131 Å². The van der Waals surface area contributed by atoms with Crippen LogP contribution in [0, 0.1) is 17.2 Å². The quantitative estimate of drug-likeness (QED) is 0.866. The molecule has 0 bridgehead atoms. The number of nitrogens with zero attached hydrogens (tertiary/aromatic N) is 2. The van der Waals surface area contributed by atoms with Crippen LogP contribution in [0.3, 0.4) is 0 Å². The van der Waals surface area contributed by atoms with Gasteiger partial charge in [-0.05, 0) is 30.5 Å². The zero-order chi connectivity index (χ0) is 16.2. The van der Waals surface area contributed by atoms with Gasteiger partial charge in [-0.25, -0.2) is 12.7 Å². The minimum Gasteiger partial charge on any atom is -0.327 e. The van der Waals surface area contributed by atoms with Crippen LogP contribution in [0.25, 0.3) is 0 Å². The molecule has 1 unspecified atom stereocenters. The highest BCUT2D eigenvalue weighted by Gasteiger charge is 2.24. The van der Waals surface area contributed by atoms with Gasteiger partial charge < -0.3 is 5.73 Å². The summed E-state index contributed by atoms with van der Waals surface area (Å²) in [6.07, 6.45) is 0.558. The molecule has 1 aromatic carbocycles. The van der Waals surface area contributed by atoms with E-state index in [-0.39, 0.29) is 27.4 Å². The molecule has 0 heterocycles. The second-order valence-corrected chi connectivity index (χ2v) is 7.70. The van der Waals surface area contributed by atoms with E-state index in [2.05, 4.69) is 0 Å². The summed E-state index contributed by atoms with van der Waals surface area (Å²) in [6, 6.07) is 6.03. The molecule has 0 aliphatic carbocycles. The number of hydrogen-bond donors (Lipinski definition) is 1. The van der Waals surface area contributed by atoms with E-state index in [0.29, 0.717) is 13.0 Å². The van der Waals surface area contributed by atoms with Crippen molar-refractivity contribution in [2.75, 3.05) is 13.6 Å². The molecule has 2 N–H and O–H groups in total. The number of hydrogen-bond acceptors (Lipinski definition) is 4. The normalized spacial score (nSPS) is 13.4. The van der Waals surface area contributed by atoms with Crippen LogP contribution in [0.1, 0.15) is 25.8 Å². The molecule has 0 amide bonds. The molecular formula is C14H20ClN3O2S. The Hall–Kier alpha value is -1.13. The van der Waals surface area contributed by atoms with Gasteiger partial charge in [0.15, 0.2) is 0 Å². The van der Waals surface area contributed by atoms with Crippen molar-refractivity contribution in [3.05, 3.63) is 28.8 Å². The fourth-order valence-corrected chi connectivity index (χ4v) is 3.40. The van der Waals surface area contributed by atoms with Gasteiger partial charge in [0.2, 0.25) is 10.0 Å². The van der Waals surface area contributed by atoms with Crippen LogP contribution in [0.4, 0.5) is 0 Å². The van der Waals surface area contributed by atoms with Gasteiger partial charge >= 0.3 is 0 Å². The zero-order valence-corrected chi connectivity index (χ0v) is 13.9. The average molecular weight is 330 g/mol. The Bertz CT molecular complexity index is 638. The smallest absolute Gasteiger partial charge is 0.244 e. The summed E-state index contributed by atoms with van der Waals surface area (Å²) in [7, 11) is -2.25. The van der Waals surface area contributed by atoms with E-state index in [1.807, 2.05) is 19.9 Å². The molecular weight excluding hydrogens is 310 g/mol. The molecule has 0 aromatic heterocycles. The Morgan fingerprint density at radius 2 is 2.05 bits per heavy atom. The summed E-state index contributed by atoms with van der Waals surface area (Å²) in [6.45, 7) is 4.29. The summed E-state index contributed by atoms with van der Waals surface area (Å²) in [5, 5.41) is 8.98. The molecule has 1 aromatic rings. The minimum absolute atomic E-state index is 0.0520. The minimum atomic E-state index is -3.73. The molecule has 7 heteroatoms. The lowest BCUT2D eigenvalue weighted by atomic mass is 10.0. The van der Waals surface area contributed by atoms with Crippen molar-refractivity contribution in [3.8, 4) is 6.07 Å². The maximum absolute atomic E-state index is 12.5. The molecule has 1 atom stereocenters. The first kappa shape index (κ1) is 17.9. The molecule has 0 radical (unpaired) electrons. The van der Waals surface area contributed by atoms with Gasteiger partial charge in [-0.2, -0.15) is 5.26 Å². The van der Waals surface area contributed by atoms with Crippen molar-refractivity contribution in [3.63, 3.8) is 0 Å². The Morgan fingerprint density at radius 3 is 2.57 bits per heavy atom. The van der Waals surface area contributed by atoms with Crippen molar-refractivity contribution >= 4 is 21.6 Å². The Morgan fingerprint density at radius 1 is 1.43 bits per heavy atom. The molecule has 5 nitrogen and oxygen atoms in total. The third-order valence-electron chi connectivity index (χ3n) is 3.38. The molecule has 0 saturated heterocycles. The van der Waals surface area contributed by atoms with Crippen LogP contribution in [-0.2, 0) is 10.0 Å². The van der Waals surface area contributed by atoms with Gasteiger partial charge in [0, 0.05) is 19.6 Å². The number of sulfonamides is 1. The van der Waals surface area contributed by atoms with Gasteiger partial charge in [-0.15, -0.1) is 0 Å². The first-order valence-electron chi connectivity index (χ1n) is 6.61. The highest BCUT2D eigenvalue weighted by atomic mass is 35.5. The second-order valence-electron chi connectivity index (χ2n) is 5.28. The first-order chi connectivity index (χ1) is 9.70. The highest BCUT2D eigenvalue weighted by molar-refractivity contribution is 7.89. The Kier molecular flexibility index (Phi) is 6.17. The van der Waals surface area contributed by atoms with Crippen molar-refractivity contribution in [2.24, 2.45) is 11.7 Å². The summed E-state index contributed by atoms with van der Waals surface area (Å²) >= 11 is 5.96. The van der Waals surface area contributed by atoms with Crippen LogP contribution >= 0.6 is 11.6 Å². The molecule has 0 fully saturated rings. The van der Waals surface area contributed by atoms with Crippen LogP contribution in [0.5, 0.6) is 0 Å². The van der Waals surface area contributed by atoms with E-state index < -0.39 is 10.0 Å². The van der Waals surface area contributed by atoms with E-state index in [1.54, 1.807) is 0 Å². The summed E-state index contributed by atoms with van der Waals surface area (Å²) in [5.41, 5.74) is 6.19. The van der Waals surface area contributed by atoms with Crippen molar-refractivity contribution in [1.82, 2.24) is 4.31 Å². The zero-order valence-electron chi connectivity index (χ0n) is 12.4. The monoisotopic (exact) mass is 329 g/mol. The van der Waals surface area contributed by atoms with E-state index in [4.69, 9.17) is 22.6 Å². The lowest BCUT2D eigenvalue weighted by Gasteiger charge is -2.21. The maximum Gasteiger partial charge on any atom is 0.244 e. The number of benzene rings is 1. The van der Waals surface area contributed by atoms with Gasteiger partial charge in [0.25, 0.3) is 0 Å². The van der Waals surface area contributed by atoms with E-state index in [1.165, 1.54) is 29.6 Å². The molecule has 0 saturated carbocycles. The van der Waals surface area contributed by atoms with Crippen molar-refractivity contribution in [1.29, 1.82) is 5.26 Å². The number of nitriles is 1. The summed E-state index contributed by atoms with van der Waals surface area (Å²) < 4.78 is 26.2. The molecule has 0 aliphatic heterocycles. The fraction of sp³-hybridized carbons (Fsp3) is 0.500. The maximum atomic E-state index is 12.5. The van der Waals surface area contributed by atoms with E-state index >= 15 is 0 Å². The molecule has 1 rings (SSSR count). The molecule has 0 spiro atoms. The summed E-state index contributed by atoms with van der Waals surface area (Å²) in [5.74, 6) is 0.284. The third-order valence-corrected chi connectivity index (χ3v) is 5.72. The number of nitrogens with two attached hydrogens (primary N) is 1. The molecule has 0 aliphatic rings. The second kappa shape index (κ2) is 7.23. The summed E-state index contributed by atoms with van der Waals surface area (Å²) in [4.78, 5) is -0.0520. The van der Waals surface area contributed by atoms with Gasteiger partial charge in [-0.1, -0.05) is 25.4 Å². The number of halogens is 1. The van der Waals surface area contributed by atoms with Crippen LogP contribution in [0.2, 0.25) is 5.02 Å². The Balaban J connectivity index is 2.98. The van der Waals surface area contributed by atoms with E-state index in [0.717, 1.165) is 0 Å². The SMILES string of the molecule is CC(C)C(N)CCN(C)S(=O)(=O)c1cc(C#N)ccc1Cl. The predicted octanol–water partition coefficient (Wildman–Crippen LogP) is 2.21. The lowest BCUT2D eigenvalue weighted by Crippen LogP contribution is -2.34. The van der Waals surface area contributed by atoms with E-state index in [9.17, 15) is 8.42 Å². The van der Waals surface area contributed by atoms with Crippen LogP contribution in [-0.4, -0.2) is 32.4 Å². The van der Waals surface area contributed by atoms with Gasteiger partial charge in [0.05, 0.1) is 16.7 Å². The standard InChI is InChI=1S/C14H20ClN3O2S/c1-10(2)13(17)6-7-18(3)21(19,20)14-8-11(9-16)4-5-12(14)15/h4-5,8,10,13H,6-7,17H2,1-3H3. The lowest BCUT2D eigenvalue weighted by molar-refractivity contribution is 0.397. The molecule has 21 heavy (non-hydrogen) atoms. The van der Waals surface area contributed by atoms with Crippen LogP contribution < -0.4 is 5.73 Å². The number of rotatable bonds is 6. The first-order valence-corrected chi connectivity index (χ1v) is 8.43. The largest absolute Gasteiger partial charge is 0.327 e. The van der Waals surface area contributed by atoms with Crippen molar-refractivity contribution < 1.29 is 8.42 Å². The third kappa shape index (κ3) is 4.42. The van der Waals surface area contributed by atoms with Crippen LogP contribution in [0.15, 0.2) is 23.1 Å². The van der Waals surface area contributed by atoms with Gasteiger partial charge in [-0.3, -0.25) is 0 Å². The highest BCUT2D eigenvalue weighted by Crippen LogP contribution is 2.25. The molecule has 116 valence electrons. The topological polar surface area (TPSA) is 87.2 Å². The fourth-order valence-electron chi connectivity index (χ4n) is 1.72. The average Bonchev–Trinajstić information content (AvgIpc) is 2.44.